The quantitative estimate of drug-likeness (QED) is 0.557. The first-order valence-electron chi connectivity index (χ1n) is 6.69. The van der Waals surface area contributed by atoms with Crippen LogP contribution in [0.15, 0.2) is 30.3 Å². The third-order valence-electron chi connectivity index (χ3n) is 3.27. The summed E-state index contributed by atoms with van der Waals surface area (Å²) in [5, 5.41) is 10.3. The van der Waals surface area contributed by atoms with Gasteiger partial charge in [-0.25, -0.2) is 9.86 Å². The van der Waals surface area contributed by atoms with Crippen LogP contribution in [-0.2, 0) is 21.0 Å². The van der Waals surface area contributed by atoms with Crippen molar-refractivity contribution in [2.24, 2.45) is 0 Å². The van der Waals surface area contributed by atoms with Crippen LogP contribution in [0.3, 0.4) is 0 Å². The topological polar surface area (TPSA) is 66.8 Å². The first-order valence-corrected chi connectivity index (χ1v) is 6.69. The van der Waals surface area contributed by atoms with E-state index in [0.717, 1.165) is 17.0 Å². The van der Waals surface area contributed by atoms with Crippen LogP contribution in [-0.4, -0.2) is 28.1 Å². The van der Waals surface area contributed by atoms with Crippen molar-refractivity contribution in [2.75, 3.05) is 0 Å². The Hall–Kier alpha value is -1.88. The number of nitrogens with zero attached hydrogens (tertiary/aromatic N) is 1. The molecule has 0 aromatic heterocycles. The van der Waals surface area contributed by atoms with E-state index < -0.39 is 11.5 Å². The highest BCUT2D eigenvalue weighted by Gasteiger charge is 2.40. The molecule has 1 N–H and O–H groups in total. The molecule has 0 fully saturated rings. The number of hydrogen-bond acceptors (Lipinski definition) is 3. The molecule has 0 aliphatic heterocycles. The number of benzene rings is 1. The summed E-state index contributed by atoms with van der Waals surface area (Å²) >= 11 is 0. The number of carbonyl (C=O) groups is 2. The summed E-state index contributed by atoms with van der Waals surface area (Å²) in [5.41, 5.74) is -0.463. The summed E-state index contributed by atoms with van der Waals surface area (Å²) < 4.78 is 0. The Labute approximate surface area is 119 Å². The fraction of sp³-hybridized carbons (Fsp3) is 0.467. The molecule has 0 saturated carbocycles. The molecule has 5 heteroatoms. The number of carboxylic acid groups (broad SMARTS) is 1. The van der Waals surface area contributed by atoms with E-state index in [2.05, 4.69) is 0 Å². The molecule has 20 heavy (non-hydrogen) atoms. The number of carboxylic acids is 1. The van der Waals surface area contributed by atoms with Crippen molar-refractivity contribution in [3.8, 4) is 0 Å². The first-order chi connectivity index (χ1) is 9.54. The minimum atomic E-state index is -1.34. The zero-order valence-corrected chi connectivity index (χ0v) is 11.9. The van der Waals surface area contributed by atoms with Crippen LogP contribution < -0.4 is 0 Å². The van der Waals surface area contributed by atoms with E-state index in [9.17, 15) is 14.7 Å². The van der Waals surface area contributed by atoms with Crippen molar-refractivity contribution in [1.29, 1.82) is 0 Å². The highest BCUT2D eigenvalue weighted by Crippen LogP contribution is 2.22. The van der Waals surface area contributed by atoms with Crippen LogP contribution in [0.25, 0.3) is 0 Å². The molecule has 0 unspecified atom stereocenters. The second kappa shape index (κ2) is 7.65. The van der Waals surface area contributed by atoms with E-state index in [-0.39, 0.29) is 6.61 Å². The Morgan fingerprint density at radius 1 is 1.40 bits per heavy atom. The molecule has 0 saturated heterocycles. The fourth-order valence-corrected chi connectivity index (χ4v) is 1.84. The van der Waals surface area contributed by atoms with Gasteiger partial charge in [-0.3, -0.25) is 9.63 Å². The van der Waals surface area contributed by atoms with E-state index >= 15 is 0 Å². The predicted molar refractivity (Wildman–Crippen MR) is 74.7 cm³/mol. The van der Waals surface area contributed by atoms with Crippen LogP contribution in [0.4, 0.5) is 0 Å². The second-order valence-corrected chi connectivity index (χ2v) is 4.87. The fourth-order valence-electron chi connectivity index (χ4n) is 1.84. The Morgan fingerprint density at radius 3 is 2.55 bits per heavy atom. The number of carbonyl (C=O) groups excluding carboxylic acids is 1. The number of hydrogen-bond donors (Lipinski definition) is 1. The molecule has 0 spiro atoms. The highest BCUT2D eigenvalue weighted by atomic mass is 16.7. The lowest BCUT2D eigenvalue weighted by Crippen LogP contribution is -2.51. The van der Waals surface area contributed by atoms with Crippen LogP contribution in [0.2, 0.25) is 0 Å². The molecule has 1 aromatic carbocycles. The maximum atomic E-state index is 11.5. The molecule has 1 aromatic rings. The van der Waals surface area contributed by atoms with E-state index in [1.807, 2.05) is 37.3 Å². The molecule has 1 atom stereocenters. The number of amides is 1. The molecule has 1 rings (SSSR count). The van der Waals surface area contributed by atoms with E-state index in [0.29, 0.717) is 19.3 Å². The zero-order valence-electron chi connectivity index (χ0n) is 11.9. The Morgan fingerprint density at radius 2 is 2.05 bits per heavy atom. The normalized spacial score (nSPS) is 13.5. The van der Waals surface area contributed by atoms with Gasteiger partial charge in [0.25, 0.3) is 0 Å². The maximum Gasteiger partial charge on any atom is 0.331 e. The zero-order chi connectivity index (χ0) is 15.0. The van der Waals surface area contributed by atoms with Gasteiger partial charge >= 0.3 is 5.97 Å². The summed E-state index contributed by atoms with van der Waals surface area (Å²) in [5.74, 6) is -1.06. The smallest absolute Gasteiger partial charge is 0.331 e. The van der Waals surface area contributed by atoms with E-state index in [1.165, 1.54) is 6.92 Å². The third-order valence-corrected chi connectivity index (χ3v) is 3.27. The molecule has 1 amide bonds. The summed E-state index contributed by atoms with van der Waals surface area (Å²) in [6.45, 7) is 3.64. The Bertz CT molecular complexity index is 435. The van der Waals surface area contributed by atoms with Crippen LogP contribution in [0.1, 0.15) is 38.7 Å². The van der Waals surface area contributed by atoms with Crippen molar-refractivity contribution >= 4 is 12.4 Å². The van der Waals surface area contributed by atoms with Gasteiger partial charge in [0.2, 0.25) is 6.41 Å². The van der Waals surface area contributed by atoms with Gasteiger partial charge in [0.05, 0.1) is 0 Å². The third kappa shape index (κ3) is 4.06. The number of rotatable bonds is 9. The van der Waals surface area contributed by atoms with Gasteiger partial charge in [-0.05, 0) is 18.9 Å². The van der Waals surface area contributed by atoms with E-state index in [1.54, 1.807) is 0 Å². The lowest BCUT2D eigenvalue weighted by atomic mass is 9.95. The average molecular weight is 279 g/mol. The molecule has 0 radical (unpaired) electrons. The van der Waals surface area contributed by atoms with Crippen molar-refractivity contribution in [3.05, 3.63) is 35.9 Å². The van der Waals surface area contributed by atoms with Gasteiger partial charge in [0, 0.05) is 0 Å². The number of aliphatic carboxylic acids is 1. The summed E-state index contributed by atoms with van der Waals surface area (Å²) in [6.07, 6.45) is 2.36. The molecule has 5 nitrogen and oxygen atoms in total. The number of hydroxylamine groups is 2. The molecule has 0 aliphatic carbocycles. The van der Waals surface area contributed by atoms with Crippen LogP contribution in [0.5, 0.6) is 0 Å². The highest BCUT2D eigenvalue weighted by molar-refractivity contribution is 5.80. The van der Waals surface area contributed by atoms with Gasteiger partial charge < -0.3 is 5.11 Å². The maximum absolute atomic E-state index is 11.5. The lowest BCUT2D eigenvalue weighted by molar-refractivity contribution is -0.222. The van der Waals surface area contributed by atoms with Crippen LogP contribution in [0, 0.1) is 0 Å². The van der Waals surface area contributed by atoms with Gasteiger partial charge in [-0.1, -0.05) is 50.1 Å². The van der Waals surface area contributed by atoms with Gasteiger partial charge in [-0.2, -0.15) is 0 Å². The van der Waals surface area contributed by atoms with Gasteiger partial charge in [0.15, 0.2) is 5.54 Å². The molecule has 110 valence electrons. The standard InChI is InChI=1S/C15H21NO4/c1-3-4-10-15(2,14(18)19)16(12-17)20-11-13-8-6-5-7-9-13/h5-9,12H,3-4,10-11H2,1-2H3,(H,18,19)/t15-/m1/s1. The molecular weight excluding hydrogens is 258 g/mol. The molecular formula is C15H21NO4. The summed E-state index contributed by atoms with van der Waals surface area (Å²) in [4.78, 5) is 28.0. The van der Waals surface area contributed by atoms with Gasteiger partial charge in [0.1, 0.15) is 6.61 Å². The summed E-state index contributed by atoms with van der Waals surface area (Å²) in [6, 6.07) is 9.30. The summed E-state index contributed by atoms with van der Waals surface area (Å²) in [7, 11) is 0. The van der Waals surface area contributed by atoms with Crippen molar-refractivity contribution in [3.63, 3.8) is 0 Å². The minimum absolute atomic E-state index is 0.161. The Balaban J connectivity index is 2.75. The van der Waals surface area contributed by atoms with Gasteiger partial charge in [-0.15, -0.1) is 0 Å². The van der Waals surface area contributed by atoms with Crippen molar-refractivity contribution in [1.82, 2.24) is 5.06 Å². The molecule has 0 aliphatic rings. The molecule has 0 heterocycles. The molecule has 0 bridgehead atoms. The average Bonchev–Trinajstić information content (AvgIpc) is 2.46. The number of unbranched alkanes of at least 4 members (excludes halogenated alkanes) is 1. The van der Waals surface area contributed by atoms with Crippen molar-refractivity contribution < 1.29 is 19.5 Å². The largest absolute Gasteiger partial charge is 0.479 e. The lowest BCUT2D eigenvalue weighted by Gasteiger charge is -2.33. The second-order valence-electron chi connectivity index (χ2n) is 4.87. The first kappa shape index (κ1) is 16.2. The SMILES string of the molecule is CCCC[C@](C)(C(=O)O)N(C=O)OCc1ccccc1. The monoisotopic (exact) mass is 279 g/mol. The van der Waals surface area contributed by atoms with Crippen molar-refractivity contribution in [2.45, 2.75) is 45.3 Å². The van der Waals surface area contributed by atoms with E-state index in [4.69, 9.17) is 4.84 Å². The van der Waals surface area contributed by atoms with Crippen LogP contribution >= 0.6 is 0 Å². The minimum Gasteiger partial charge on any atom is -0.479 e. The Kier molecular flexibility index (Phi) is 6.18. The predicted octanol–water partition coefficient (Wildman–Crippen LogP) is 2.61.